The number of nitrogens with two attached hydrogens (primary N) is 1. The number of ether oxygens (including phenoxy) is 1. The van der Waals surface area contributed by atoms with Crippen molar-refractivity contribution in [2.75, 3.05) is 13.2 Å². The van der Waals surface area contributed by atoms with Gasteiger partial charge in [0.2, 0.25) is 5.91 Å². The molecule has 0 bridgehead atoms. The van der Waals surface area contributed by atoms with E-state index in [0.29, 0.717) is 26.0 Å². The van der Waals surface area contributed by atoms with E-state index in [1.807, 2.05) is 27.7 Å². The van der Waals surface area contributed by atoms with Gasteiger partial charge in [0.05, 0.1) is 6.10 Å². The van der Waals surface area contributed by atoms with Crippen LogP contribution in [0.25, 0.3) is 0 Å². The van der Waals surface area contributed by atoms with Crippen molar-refractivity contribution < 1.29 is 19.4 Å². The summed E-state index contributed by atoms with van der Waals surface area (Å²) in [6, 6.07) is 0. The fraction of sp³-hybridized carbons (Fsp3) is 0.867. The smallest absolute Gasteiger partial charge is 0.303 e. The Bertz CT molecular complexity index is 397. The predicted molar refractivity (Wildman–Crippen MR) is 79.8 cm³/mol. The van der Waals surface area contributed by atoms with Gasteiger partial charge in [-0.2, -0.15) is 0 Å². The van der Waals surface area contributed by atoms with E-state index in [1.165, 1.54) is 0 Å². The van der Waals surface area contributed by atoms with Gasteiger partial charge in [-0.05, 0) is 19.3 Å². The van der Waals surface area contributed by atoms with E-state index in [0.717, 1.165) is 0 Å². The average Bonchev–Trinajstić information content (AvgIpc) is 2.41. The minimum Gasteiger partial charge on any atom is -0.481 e. The Labute approximate surface area is 126 Å². The molecule has 0 saturated heterocycles. The second-order valence-corrected chi connectivity index (χ2v) is 6.59. The molecule has 1 saturated carbocycles. The highest BCUT2D eigenvalue weighted by atomic mass is 16.5. The molecule has 0 aromatic heterocycles. The van der Waals surface area contributed by atoms with E-state index in [4.69, 9.17) is 15.6 Å². The number of hydrogen-bond donors (Lipinski definition) is 3. The predicted octanol–water partition coefficient (Wildman–Crippen LogP) is 1.14. The molecule has 1 aliphatic carbocycles. The maximum atomic E-state index is 12.3. The van der Waals surface area contributed by atoms with Gasteiger partial charge in [-0.1, -0.05) is 20.8 Å². The highest BCUT2D eigenvalue weighted by Crippen LogP contribution is 2.49. The lowest BCUT2D eigenvalue weighted by Crippen LogP contribution is -2.75. The second kappa shape index (κ2) is 6.75. The standard InChI is InChI=1S/C15H28N2O4/c1-5-21-11-8-15(16,14(11,3)4)13(20)17-9-10(2)6-7-12(18)19/h10-11H,5-9,16H2,1-4H3,(H,17,20)(H,18,19). The zero-order chi connectivity index (χ0) is 16.3. The number of carbonyl (C=O) groups is 2. The number of rotatable bonds is 8. The van der Waals surface area contributed by atoms with E-state index < -0.39 is 16.9 Å². The van der Waals surface area contributed by atoms with Gasteiger partial charge in [0, 0.05) is 31.4 Å². The molecule has 122 valence electrons. The van der Waals surface area contributed by atoms with Crippen LogP contribution in [0, 0.1) is 11.3 Å². The molecule has 1 amide bonds. The SMILES string of the molecule is CCOC1CC(N)(C(=O)NCC(C)CCC(=O)O)C1(C)C. The third kappa shape index (κ3) is 3.74. The normalized spacial score (nSPS) is 28.5. The maximum Gasteiger partial charge on any atom is 0.303 e. The van der Waals surface area contributed by atoms with Crippen molar-refractivity contribution in [3.63, 3.8) is 0 Å². The van der Waals surface area contributed by atoms with Gasteiger partial charge in [0.15, 0.2) is 0 Å². The van der Waals surface area contributed by atoms with Gasteiger partial charge in [0.25, 0.3) is 0 Å². The van der Waals surface area contributed by atoms with Crippen LogP contribution < -0.4 is 11.1 Å². The third-order valence-electron chi connectivity index (χ3n) is 4.70. The van der Waals surface area contributed by atoms with Crippen molar-refractivity contribution >= 4 is 11.9 Å². The first-order valence-electron chi connectivity index (χ1n) is 7.55. The van der Waals surface area contributed by atoms with Gasteiger partial charge in [-0.25, -0.2) is 0 Å². The molecule has 0 radical (unpaired) electrons. The number of amides is 1. The molecule has 6 heteroatoms. The number of carbonyl (C=O) groups excluding carboxylic acids is 1. The molecule has 21 heavy (non-hydrogen) atoms. The molecule has 0 aliphatic heterocycles. The van der Waals surface area contributed by atoms with Crippen LogP contribution >= 0.6 is 0 Å². The van der Waals surface area contributed by atoms with Crippen molar-refractivity contribution in [3.05, 3.63) is 0 Å². The number of carboxylic acid groups (broad SMARTS) is 1. The molecule has 0 heterocycles. The van der Waals surface area contributed by atoms with E-state index >= 15 is 0 Å². The maximum absolute atomic E-state index is 12.3. The quantitative estimate of drug-likeness (QED) is 0.624. The van der Waals surface area contributed by atoms with Crippen LogP contribution in [0.3, 0.4) is 0 Å². The molecule has 4 N–H and O–H groups in total. The molecule has 0 aromatic carbocycles. The lowest BCUT2D eigenvalue weighted by atomic mass is 9.54. The lowest BCUT2D eigenvalue weighted by Gasteiger charge is -2.57. The Hall–Kier alpha value is -1.14. The molecule has 1 aliphatic rings. The first kappa shape index (κ1) is 17.9. The lowest BCUT2D eigenvalue weighted by molar-refractivity contribution is -0.170. The van der Waals surface area contributed by atoms with Crippen LogP contribution in [0.5, 0.6) is 0 Å². The monoisotopic (exact) mass is 300 g/mol. The van der Waals surface area contributed by atoms with Gasteiger partial charge in [-0.15, -0.1) is 0 Å². The zero-order valence-electron chi connectivity index (χ0n) is 13.4. The second-order valence-electron chi connectivity index (χ2n) is 6.59. The number of nitrogens with one attached hydrogen (secondary N) is 1. The molecule has 3 atom stereocenters. The summed E-state index contributed by atoms with van der Waals surface area (Å²) >= 11 is 0. The summed E-state index contributed by atoms with van der Waals surface area (Å²) in [6.45, 7) is 8.80. The minimum absolute atomic E-state index is 0.00249. The van der Waals surface area contributed by atoms with Gasteiger partial charge >= 0.3 is 5.97 Å². The number of carboxylic acids is 1. The van der Waals surface area contributed by atoms with Gasteiger partial charge < -0.3 is 20.9 Å². The van der Waals surface area contributed by atoms with Crippen LogP contribution in [0.4, 0.5) is 0 Å². The highest BCUT2D eigenvalue weighted by molar-refractivity contribution is 5.88. The van der Waals surface area contributed by atoms with Crippen LogP contribution in [0.15, 0.2) is 0 Å². The summed E-state index contributed by atoms with van der Waals surface area (Å²) in [6.07, 6.45) is 1.17. The van der Waals surface area contributed by atoms with Crippen LogP contribution in [-0.4, -0.2) is 41.8 Å². The molecule has 0 spiro atoms. The van der Waals surface area contributed by atoms with Crippen molar-refractivity contribution in [1.29, 1.82) is 0 Å². The Balaban J connectivity index is 2.47. The first-order valence-corrected chi connectivity index (χ1v) is 7.55. The van der Waals surface area contributed by atoms with E-state index in [1.54, 1.807) is 0 Å². The van der Waals surface area contributed by atoms with Crippen LogP contribution in [0.1, 0.15) is 47.0 Å². The first-order chi connectivity index (χ1) is 9.65. The van der Waals surface area contributed by atoms with Crippen molar-refractivity contribution in [1.82, 2.24) is 5.32 Å². The van der Waals surface area contributed by atoms with Gasteiger partial charge in [0.1, 0.15) is 5.54 Å². The van der Waals surface area contributed by atoms with E-state index in [2.05, 4.69) is 5.32 Å². The summed E-state index contributed by atoms with van der Waals surface area (Å²) in [5, 5.41) is 11.5. The van der Waals surface area contributed by atoms with Crippen LogP contribution in [0.2, 0.25) is 0 Å². The zero-order valence-corrected chi connectivity index (χ0v) is 13.4. The molecule has 1 fully saturated rings. The van der Waals surface area contributed by atoms with E-state index in [9.17, 15) is 9.59 Å². The highest BCUT2D eigenvalue weighted by Gasteiger charge is 2.62. The summed E-state index contributed by atoms with van der Waals surface area (Å²) in [5.41, 5.74) is 4.94. The topological polar surface area (TPSA) is 102 Å². The largest absolute Gasteiger partial charge is 0.481 e. The molecule has 1 rings (SSSR count). The Morgan fingerprint density at radius 1 is 1.48 bits per heavy atom. The van der Waals surface area contributed by atoms with Crippen LogP contribution in [-0.2, 0) is 14.3 Å². The summed E-state index contributed by atoms with van der Waals surface area (Å²) in [5.74, 6) is -0.881. The molecular weight excluding hydrogens is 272 g/mol. The minimum atomic E-state index is -0.917. The molecular formula is C15H28N2O4. The Kier molecular flexibility index (Phi) is 5.75. The number of hydrogen-bond acceptors (Lipinski definition) is 4. The van der Waals surface area contributed by atoms with Crippen molar-refractivity contribution in [2.45, 2.75) is 58.6 Å². The Morgan fingerprint density at radius 3 is 2.57 bits per heavy atom. The van der Waals surface area contributed by atoms with Gasteiger partial charge in [-0.3, -0.25) is 9.59 Å². The van der Waals surface area contributed by atoms with Crippen molar-refractivity contribution in [3.8, 4) is 0 Å². The van der Waals surface area contributed by atoms with E-state index in [-0.39, 0.29) is 24.3 Å². The average molecular weight is 300 g/mol. The molecule has 6 nitrogen and oxygen atoms in total. The fourth-order valence-corrected chi connectivity index (χ4v) is 2.72. The summed E-state index contributed by atoms with van der Waals surface area (Å²) < 4.78 is 5.60. The van der Waals surface area contributed by atoms with Crippen molar-refractivity contribution in [2.24, 2.45) is 17.1 Å². The molecule has 0 aromatic rings. The third-order valence-corrected chi connectivity index (χ3v) is 4.70. The fourth-order valence-electron chi connectivity index (χ4n) is 2.72. The summed E-state index contributed by atoms with van der Waals surface area (Å²) in [7, 11) is 0. The Morgan fingerprint density at radius 2 is 2.10 bits per heavy atom. The summed E-state index contributed by atoms with van der Waals surface area (Å²) in [4.78, 5) is 22.9. The number of aliphatic carboxylic acids is 1. The molecule has 3 unspecified atom stereocenters.